The molecule has 0 radical (unpaired) electrons. The van der Waals surface area contributed by atoms with Crippen molar-refractivity contribution in [3.05, 3.63) is 0 Å². The molecular formula is C15H28N2O. The van der Waals surface area contributed by atoms with E-state index in [2.05, 4.69) is 18.7 Å². The van der Waals surface area contributed by atoms with E-state index in [1.165, 1.54) is 25.7 Å². The van der Waals surface area contributed by atoms with Crippen LogP contribution in [0.2, 0.25) is 0 Å². The van der Waals surface area contributed by atoms with E-state index >= 15 is 0 Å². The van der Waals surface area contributed by atoms with Gasteiger partial charge in [-0.25, -0.2) is 0 Å². The third-order valence-electron chi connectivity index (χ3n) is 5.53. The Morgan fingerprint density at radius 1 is 1.33 bits per heavy atom. The number of rotatable bonds is 4. The van der Waals surface area contributed by atoms with Gasteiger partial charge in [-0.2, -0.15) is 0 Å². The van der Waals surface area contributed by atoms with Crippen LogP contribution in [0.5, 0.6) is 0 Å². The van der Waals surface area contributed by atoms with Gasteiger partial charge in [-0.05, 0) is 50.0 Å². The maximum Gasteiger partial charge on any atom is 0.226 e. The van der Waals surface area contributed by atoms with Crippen LogP contribution in [-0.2, 0) is 4.79 Å². The van der Waals surface area contributed by atoms with Gasteiger partial charge >= 0.3 is 0 Å². The molecule has 3 heteroatoms. The lowest BCUT2D eigenvalue weighted by atomic mass is 9.82. The van der Waals surface area contributed by atoms with E-state index in [4.69, 9.17) is 5.73 Å². The van der Waals surface area contributed by atoms with Crippen LogP contribution in [0.4, 0.5) is 0 Å². The van der Waals surface area contributed by atoms with Crippen molar-refractivity contribution in [2.24, 2.45) is 23.0 Å². The lowest BCUT2D eigenvalue weighted by Gasteiger charge is -2.28. The second-order valence-electron chi connectivity index (χ2n) is 6.25. The number of carbonyl (C=O) groups excluding carboxylic acids is 1. The van der Waals surface area contributed by atoms with E-state index in [9.17, 15) is 4.79 Å². The molecule has 3 nitrogen and oxygen atoms in total. The van der Waals surface area contributed by atoms with Gasteiger partial charge < -0.3 is 10.6 Å². The number of hydrogen-bond donors (Lipinski definition) is 1. The predicted molar refractivity (Wildman–Crippen MR) is 74.1 cm³/mol. The van der Waals surface area contributed by atoms with Crippen molar-refractivity contribution < 1.29 is 4.79 Å². The Morgan fingerprint density at radius 3 is 2.61 bits per heavy atom. The molecule has 2 aliphatic rings. The van der Waals surface area contributed by atoms with Crippen molar-refractivity contribution >= 4 is 5.91 Å². The van der Waals surface area contributed by atoms with Gasteiger partial charge in [0.25, 0.3) is 0 Å². The Bertz CT molecular complexity index is 299. The van der Waals surface area contributed by atoms with Crippen LogP contribution in [0.15, 0.2) is 0 Å². The van der Waals surface area contributed by atoms with Crippen LogP contribution in [0.3, 0.4) is 0 Å². The van der Waals surface area contributed by atoms with Crippen molar-refractivity contribution in [3.8, 4) is 0 Å². The van der Waals surface area contributed by atoms with Crippen molar-refractivity contribution in [1.82, 2.24) is 4.90 Å². The molecule has 1 amide bonds. The topological polar surface area (TPSA) is 46.3 Å². The molecule has 1 aliphatic carbocycles. The quantitative estimate of drug-likeness (QED) is 0.835. The number of nitrogens with two attached hydrogens (primary N) is 1. The highest BCUT2D eigenvalue weighted by Gasteiger charge is 2.41. The van der Waals surface area contributed by atoms with E-state index in [0.29, 0.717) is 23.8 Å². The lowest BCUT2D eigenvalue weighted by Crippen LogP contribution is -2.39. The molecule has 1 aliphatic heterocycles. The largest absolute Gasteiger partial charge is 0.342 e. The van der Waals surface area contributed by atoms with Gasteiger partial charge in [0.05, 0.1) is 0 Å². The minimum absolute atomic E-state index is 0.222. The van der Waals surface area contributed by atoms with E-state index in [1.54, 1.807) is 0 Å². The minimum Gasteiger partial charge on any atom is -0.342 e. The molecule has 2 atom stereocenters. The van der Waals surface area contributed by atoms with Crippen molar-refractivity contribution in [1.29, 1.82) is 0 Å². The van der Waals surface area contributed by atoms with E-state index in [0.717, 1.165) is 25.9 Å². The Balaban J connectivity index is 1.99. The molecule has 0 bridgehead atoms. The summed E-state index contributed by atoms with van der Waals surface area (Å²) in [5.74, 6) is 1.06. The summed E-state index contributed by atoms with van der Waals surface area (Å²) in [6.45, 7) is 7.14. The Morgan fingerprint density at radius 2 is 2.06 bits per heavy atom. The fourth-order valence-electron chi connectivity index (χ4n) is 3.83. The van der Waals surface area contributed by atoms with Crippen LogP contribution >= 0.6 is 0 Å². The van der Waals surface area contributed by atoms with Gasteiger partial charge in [0.1, 0.15) is 0 Å². The monoisotopic (exact) mass is 252 g/mol. The molecule has 1 heterocycles. The molecule has 2 N–H and O–H groups in total. The molecule has 2 rings (SSSR count). The summed E-state index contributed by atoms with van der Waals surface area (Å²) in [6.07, 6.45) is 6.96. The summed E-state index contributed by atoms with van der Waals surface area (Å²) in [4.78, 5) is 14.7. The average molecular weight is 252 g/mol. The van der Waals surface area contributed by atoms with Crippen molar-refractivity contribution in [2.45, 2.75) is 52.4 Å². The standard InChI is InChI=1S/C15H28N2O/c1-3-15(4-2)8-9-17(11-15)14(18)13-7-5-6-12(13)10-16/h12-13H,3-11,16H2,1-2H3. The molecule has 0 aromatic carbocycles. The SMILES string of the molecule is CCC1(CC)CCN(C(=O)C2CCCC2CN)C1. The van der Waals surface area contributed by atoms with Crippen molar-refractivity contribution in [2.75, 3.05) is 19.6 Å². The fraction of sp³-hybridized carbons (Fsp3) is 0.933. The summed E-state index contributed by atoms with van der Waals surface area (Å²) in [7, 11) is 0. The summed E-state index contributed by atoms with van der Waals surface area (Å²) in [5.41, 5.74) is 6.19. The maximum absolute atomic E-state index is 12.6. The Kier molecular flexibility index (Phi) is 4.31. The third kappa shape index (κ3) is 2.42. The zero-order valence-electron chi connectivity index (χ0n) is 12.0. The molecule has 104 valence electrons. The maximum atomic E-state index is 12.6. The first-order chi connectivity index (χ1) is 8.65. The predicted octanol–water partition coefficient (Wildman–Crippen LogP) is 2.40. The zero-order valence-corrected chi connectivity index (χ0v) is 12.0. The molecule has 0 aromatic rings. The van der Waals surface area contributed by atoms with E-state index in [-0.39, 0.29) is 5.92 Å². The summed E-state index contributed by atoms with van der Waals surface area (Å²) >= 11 is 0. The van der Waals surface area contributed by atoms with Gasteiger partial charge in [-0.15, -0.1) is 0 Å². The normalized spacial score (nSPS) is 30.9. The van der Waals surface area contributed by atoms with E-state index < -0.39 is 0 Å². The molecule has 0 aromatic heterocycles. The Labute approximate surface area is 111 Å². The van der Waals surface area contributed by atoms with Crippen LogP contribution in [0, 0.1) is 17.3 Å². The highest BCUT2D eigenvalue weighted by atomic mass is 16.2. The van der Waals surface area contributed by atoms with Gasteiger partial charge in [0, 0.05) is 19.0 Å². The first-order valence-corrected chi connectivity index (χ1v) is 7.64. The Hall–Kier alpha value is -0.570. The number of nitrogens with zero attached hydrogens (tertiary/aromatic N) is 1. The van der Waals surface area contributed by atoms with Gasteiger partial charge in [0.15, 0.2) is 0 Å². The minimum atomic E-state index is 0.222. The number of carbonyl (C=O) groups is 1. The second kappa shape index (κ2) is 5.60. The second-order valence-corrected chi connectivity index (χ2v) is 6.25. The average Bonchev–Trinajstić information content (AvgIpc) is 3.05. The van der Waals surface area contributed by atoms with Crippen LogP contribution in [0.25, 0.3) is 0 Å². The summed E-state index contributed by atoms with van der Waals surface area (Å²) < 4.78 is 0. The summed E-state index contributed by atoms with van der Waals surface area (Å²) in [6, 6.07) is 0. The molecule has 1 saturated carbocycles. The van der Waals surface area contributed by atoms with Gasteiger partial charge in [-0.1, -0.05) is 20.3 Å². The smallest absolute Gasteiger partial charge is 0.226 e. The van der Waals surface area contributed by atoms with Crippen LogP contribution < -0.4 is 5.73 Å². The molecule has 0 spiro atoms. The van der Waals surface area contributed by atoms with Crippen molar-refractivity contribution in [3.63, 3.8) is 0 Å². The third-order valence-corrected chi connectivity index (χ3v) is 5.53. The molecule has 18 heavy (non-hydrogen) atoms. The molecule has 2 fully saturated rings. The molecule has 2 unspecified atom stereocenters. The zero-order chi connectivity index (χ0) is 13.2. The first kappa shape index (κ1) is 13.9. The lowest BCUT2D eigenvalue weighted by molar-refractivity contribution is -0.136. The fourth-order valence-corrected chi connectivity index (χ4v) is 3.83. The summed E-state index contributed by atoms with van der Waals surface area (Å²) in [5, 5.41) is 0. The highest BCUT2D eigenvalue weighted by Crippen LogP contribution is 2.39. The highest BCUT2D eigenvalue weighted by molar-refractivity contribution is 5.79. The molecule has 1 saturated heterocycles. The number of likely N-dealkylation sites (tertiary alicyclic amines) is 1. The number of amides is 1. The van der Waals surface area contributed by atoms with Crippen LogP contribution in [0.1, 0.15) is 52.4 Å². The van der Waals surface area contributed by atoms with E-state index in [1.807, 2.05) is 0 Å². The van der Waals surface area contributed by atoms with Crippen LogP contribution in [-0.4, -0.2) is 30.4 Å². The van der Waals surface area contributed by atoms with Gasteiger partial charge in [-0.3, -0.25) is 4.79 Å². The first-order valence-electron chi connectivity index (χ1n) is 7.64. The van der Waals surface area contributed by atoms with Gasteiger partial charge in [0.2, 0.25) is 5.91 Å². The molecular weight excluding hydrogens is 224 g/mol. The number of hydrogen-bond acceptors (Lipinski definition) is 2.